The molecule has 2 bridgehead atoms. The molecule has 4 aromatic rings. The molecule has 0 amide bonds. The molecule has 0 saturated carbocycles. The lowest BCUT2D eigenvalue weighted by Gasteiger charge is -2.52. The number of halogens is 1. The average Bonchev–Trinajstić information content (AvgIpc) is 3.42. The van der Waals surface area contributed by atoms with E-state index in [4.69, 9.17) is 0 Å². The van der Waals surface area contributed by atoms with E-state index in [0.717, 1.165) is 6.42 Å². The highest BCUT2D eigenvalue weighted by molar-refractivity contribution is 7.11. The molecular formula is C24H20ClNS2. The van der Waals surface area contributed by atoms with Crippen LogP contribution in [-0.2, 0) is 11.0 Å². The molecular weight excluding hydrogens is 402 g/mol. The van der Waals surface area contributed by atoms with Gasteiger partial charge in [0.05, 0.1) is 11.3 Å². The average molecular weight is 422 g/mol. The highest BCUT2D eigenvalue weighted by Crippen LogP contribution is 2.62. The van der Waals surface area contributed by atoms with Gasteiger partial charge in [0.15, 0.2) is 17.4 Å². The second kappa shape index (κ2) is 6.28. The van der Waals surface area contributed by atoms with Crippen LogP contribution in [0.3, 0.4) is 0 Å². The number of benzene rings is 1. The van der Waals surface area contributed by atoms with E-state index >= 15 is 0 Å². The Morgan fingerprint density at radius 2 is 1.54 bits per heavy atom. The Morgan fingerprint density at radius 3 is 2.21 bits per heavy atom. The van der Waals surface area contributed by atoms with E-state index in [9.17, 15) is 0 Å². The Bertz CT molecular complexity index is 1050. The van der Waals surface area contributed by atoms with Crippen LogP contribution in [-0.4, -0.2) is 0 Å². The zero-order chi connectivity index (χ0) is 18.1. The second-order valence-corrected chi connectivity index (χ2v) is 9.79. The molecule has 2 unspecified atom stereocenters. The Morgan fingerprint density at radius 1 is 0.857 bits per heavy atom. The molecule has 7 rings (SSSR count). The molecule has 4 heteroatoms. The maximum Gasteiger partial charge on any atom is 0.192 e. The van der Waals surface area contributed by atoms with E-state index in [1.807, 2.05) is 22.7 Å². The van der Waals surface area contributed by atoms with Crippen molar-refractivity contribution in [1.29, 1.82) is 0 Å². The molecule has 3 aromatic heterocycles. The number of fused-ring (bicyclic) bond motifs is 1. The van der Waals surface area contributed by atoms with E-state index in [1.165, 1.54) is 26.6 Å². The molecule has 3 aliphatic rings. The quantitative estimate of drug-likeness (QED) is 0.438. The molecule has 1 aromatic carbocycles. The van der Waals surface area contributed by atoms with Crippen molar-refractivity contribution in [2.45, 2.75) is 30.2 Å². The minimum Gasteiger partial charge on any atom is -1.00 e. The minimum absolute atomic E-state index is 0. The van der Waals surface area contributed by atoms with Crippen molar-refractivity contribution in [3.8, 4) is 0 Å². The first-order chi connectivity index (χ1) is 13.2. The van der Waals surface area contributed by atoms with Crippen molar-refractivity contribution >= 4 is 22.7 Å². The van der Waals surface area contributed by atoms with Crippen molar-refractivity contribution in [2.75, 3.05) is 0 Å². The van der Waals surface area contributed by atoms with E-state index in [0.29, 0.717) is 5.92 Å². The first kappa shape index (κ1) is 18.1. The minimum atomic E-state index is -0.0457. The van der Waals surface area contributed by atoms with Gasteiger partial charge in [-0.05, 0) is 28.5 Å². The Balaban J connectivity index is 0.00000171. The molecule has 0 fully saturated rings. The highest BCUT2D eigenvalue weighted by Gasteiger charge is 2.65. The molecule has 0 N–H and O–H groups in total. The highest BCUT2D eigenvalue weighted by atomic mass is 35.5. The van der Waals surface area contributed by atoms with Crippen LogP contribution in [0.4, 0.5) is 0 Å². The summed E-state index contributed by atoms with van der Waals surface area (Å²) in [6.45, 7) is 2.43. The lowest BCUT2D eigenvalue weighted by Crippen LogP contribution is -3.00. The fourth-order valence-electron chi connectivity index (χ4n) is 5.66. The number of aromatic nitrogens is 1. The molecule has 5 heterocycles. The molecule has 1 aliphatic carbocycles. The van der Waals surface area contributed by atoms with E-state index < -0.39 is 0 Å². The van der Waals surface area contributed by atoms with Crippen LogP contribution < -0.4 is 17.0 Å². The number of hydrogen-bond donors (Lipinski definition) is 0. The third-order valence-corrected chi connectivity index (χ3v) is 8.70. The lowest BCUT2D eigenvalue weighted by molar-refractivity contribution is -0.769. The summed E-state index contributed by atoms with van der Waals surface area (Å²) < 4.78 is 2.54. The van der Waals surface area contributed by atoms with E-state index in [2.05, 4.69) is 95.2 Å². The zero-order valence-electron chi connectivity index (χ0n) is 15.5. The molecule has 2 aliphatic heterocycles. The van der Waals surface area contributed by atoms with Crippen LogP contribution in [0.5, 0.6) is 0 Å². The van der Waals surface area contributed by atoms with Gasteiger partial charge in [-0.3, -0.25) is 0 Å². The van der Waals surface area contributed by atoms with Crippen molar-refractivity contribution in [3.63, 3.8) is 0 Å². The summed E-state index contributed by atoms with van der Waals surface area (Å²) in [6, 6.07) is 25.0. The van der Waals surface area contributed by atoms with Gasteiger partial charge in [-0.1, -0.05) is 42.5 Å². The maximum absolute atomic E-state index is 2.54. The molecule has 28 heavy (non-hydrogen) atoms. The van der Waals surface area contributed by atoms with Gasteiger partial charge in [0.1, 0.15) is 0 Å². The molecule has 0 spiro atoms. The fraction of sp³-hybridized carbons (Fsp3) is 0.208. The monoisotopic (exact) mass is 421 g/mol. The molecule has 0 saturated heterocycles. The van der Waals surface area contributed by atoms with Crippen LogP contribution in [0.2, 0.25) is 0 Å². The van der Waals surface area contributed by atoms with Crippen LogP contribution in [0.1, 0.15) is 45.8 Å². The van der Waals surface area contributed by atoms with Crippen LogP contribution in [0.25, 0.3) is 0 Å². The Hall–Kier alpha value is -1.94. The van der Waals surface area contributed by atoms with E-state index in [1.54, 1.807) is 0 Å². The van der Waals surface area contributed by atoms with Gasteiger partial charge in [-0.2, -0.15) is 4.57 Å². The predicted molar refractivity (Wildman–Crippen MR) is 112 cm³/mol. The van der Waals surface area contributed by atoms with Crippen molar-refractivity contribution in [3.05, 3.63) is 110 Å². The summed E-state index contributed by atoms with van der Waals surface area (Å²) in [4.78, 5) is 2.98. The molecule has 140 valence electrons. The smallest absolute Gasteiger partial charge is 0.192 e. The van der Waals surface area contributed by atoms with Gasteiger partial charge >= 0.3 is 0 Å². The van der Waals surface area contributed by atoms with Crippen LogP contribution in [0.15, 0.2) is 83.7 Å². The van der Waals surface area contributed by atoms with Gasteiger partial charge in [0.25, 0.3) is 0 Å². The molecule has 1 nitrogen and oxygen atoms in total. The van der Waals surface area contributed by atoms with Gasteiger partial charge in [-0.15, -0.1) is 22.7 Å². The summed E-state index contributed by atoms with van der Waals surface area (Å²) in [7, 11) is 0. The Labute approximate surface area is 179 Å². The zero-order valence-corrected chi connectivity index (χ0v) is 17.9. The lowest BCUT2D eigenvalue weighted by atomic mass is 9.53. The SMILES string of the molecule is CC12CC(c3cccs3)(c3cccs3)C(c3ccccc31)c1cccc[n+]12.[Cl-]. The first-order valence-electron chi connectivity index (χ1n) is 9.43. The van der Waals surface area contributed by atoms with Crippen LogP contribution >= 0.6 is 22.7 Å². The van der Waals surface area contributed by atoms with Gasteiger partial charge < -0.3 is 12.4 Å². The predicted octanol–water partition coefficient (Wildman–Crippen LogP) is 2.70. The topological polar surface area (TPSA) is 3.88 Å². The van der Waals surface area contributed by atoms with Crippen LogP contribution in [0, 0.1) is 0 Å². The largest absolute Gasteiger partial charge is 1.00 e. The van der Waals surface area contributed by atoms with Crippen molar-refractivity contribution in [1.82, 2.24) is 0 Å². The summed E-state index contributed by atoms with van der Waals surface area (Å²) in [5.41, 5.74) is 4.39. The van der Waals surface area contributed by atoms with Crippen molar-refractivity contribution < 1.29 is 17.0 Å². The molecule has 2 atom stereocenters. The maximum atomic E-state index is 2.54. The summed E-state index contributed by atoms with van der Waals surface area (Å²) in [5.74, 6) is 0.342. The number of pyridine rings is 1. The van der Waals surface area contributed by atoms with E-state index in [-0.39, 0.29) is 23.4 Å². The number of nitrogens with zero attached hydrogens (tertiary/aromatic N) is 1. The fourth-order valence-corrected chi connectivity index (χ4v) is 7.66. The Kier molecular flexibility index (Phi) is 4.06. The summed E-state index contributed by atoms with van der Waals surface area (Å²) in [6.07, 6.45) is 3.38. The summed E-state index contributed by atoms with van der Waals surface area (Å²) in [5, 5.41) is 4.47. The third-order valence-electron chi connectivity index (χ3n) is 6.61. The summed E-state index contributed by atoms with van der Waals surface area (Å²) >= 11 is 3.82. The number of thiophene rings is 2. The first-order valence-corrected chi connectivity index (χ1v) is 11.2. The standard InChI is InChI=1S/C24H20NS2.ClH/c1-23-16-24(20-11-6-14-26-20,21-12-7-15-27-21)22(17-8-2-3-9-18(17)23)19-10-4-5-13-25(19)23;/h2-15,22H,16H2,1H3;1H/q+1;/p-1. The van der Waals surface area contributed by atoms with Gasteiger partial charge in [0, 0.05) is 40.8 Å². The number of hydrogen-bond acceptors (Lipinski definition) is 2. The van der Waals surface area contributed by atoms with Crippen molar-refractivity contribution in [2.24, 2.45) is 0 Å². The number of rotatable bonds is 2. The molecule has 0 radical (unpaired) electrons. The normalized spacial score (nSPS) is 23.5. The second-order valence-electron chi connectivity index (χ2n) is 7.89. The van der Waals surface area contributed by atoms with Gasteiger partial charge in [0.2, 0.25) is 0 Å². The van der Waals surface area contributed by atoms with Gasteiger partial charge in [-0.25, -0.2) is 0 Å². The third kappa shape index (κ3) is 2.10.